The smallest absolute Gasteiger partial charge is 0.335 e. The van der Waals surface area contributed by atoms with E-state index in [2.05, 4.69) is 10.3 Å². The van der Waals surface area contributed by atoms with E-state index in [4.69, 9.17) is 5.11 Å². The van der Waals surface area contributed by atoms with Crippen molar-refractivity contribution < 1.29 is 14.7 Å². The Morgan fingerprint density at radius 1 is 1.40 bits per heavy atom. The zero-order valence-electron chi connectivity index (χ0n) is 11.5. The molecule has 0 saturated carbocycles. The van der Waals surface area contributed by atoms with E-state index >= 15 is 0 Å². The molecule has 6 nitrogen and oxygen atoms in total. The first-order chi connectivity index (χ1) is 9.52. The van der Waals surface area contributed by atoms with Crippen LogP contribution in [0, 0.1) is 6.92 Å². The minimum absolute atomic E-state index is 0.0726. The van der Waals surface area contributed by atoms with Gasteiger partial charge in [-0.1, -0.05) is 6.92 Å². The van der Waals surface area contributed by atoms with Crippen LogP contribution in [0.1, 0.15) is 29.5 Å². The number of aromatic carboxylic acids is 1. The van der Waals surface area contributed by atoms with E-state index < -0.39 is 5.97 Å². The van der Waals surface area contributed by atoms with E-state index in [1.54, 1.807) is 17.6 Å². The second-order valence-corrected chi connectivity index (χ2v) is 4.60. The van der Waals surface area contributed by atoms with Crippen molar-refractivity contribution in [2.24, 2.45) is 0 Å². The Morgan fingerprint density at radius 2 is 2.15 bits per heavy atom. The lowest BCUT2D eigenvalue weighted by atomic mass is 10.2. The molecule has 0 atom stereocenters. The number of aromatic nitrogens is 2. The molecule has 1 aromatic carbocycles. The zero-order valence-corrected chi connectivity index (χ0v) is 11.5. The molecule has 0 aliphatic rings. The quantitative estimate of drug-likeness (QED) is 0.867. The average Bonchev–Trinajstić information content (AvgIpc) is 2.72. The summed E-state index contributed by atoms with van der Waals surface area (Å²) in [7, 11) is 0. The lowest BCUT2D eigenvalue weighted by Crippen LogP contribution is -2.28. The maximum Gasteiger partial charge on any atom is 0.335 e. The summed E-state index contributed by atoms with van der Waals surface area (Å²) in [6.07, 6.45) is 0.886. The second kappa shape index (κ2) is 5.73. The van der Waals surface area contributed by atoms with Crippen LogP contribution < -0.4 is 5.32 Å². The fourth-order valence-electron chi connectivity index (χ4n) is 2.05. The molecule has 0 bridgehead atoms. The van der Waals surface area contributed by atoms with Crippen molar-refractivity contribution in [3.63, 3.8) is 0 Å². The summed E-state index contributed by atoms with van der Waals surface area (Å²) in [6, 6.07) is 4.73. The highest BCUT2D eigenvalue weighted by Crippen LogP contribution is 2.17. The van der Waals surface area contributed by atoms with Gasteiger partial charge in [0.25, 0.3) is 0 Å². The maximum atomic E-state index is 11.8. The van der Waals surface area contributed by atoms with Crippen LogP contribution in [0.5, 0.6) is 0 Å². The predicted molar refractivity (Wildman–Crippen MR) is 74.7 cm³/mol. The molecule has 0 radical (unpaired) electrons. The third-order valence-corrected chi connectivity index (χ3v) is 3.06. The van der Waals surface area contributed by atoms with Gasteiger partial charge in [0.15, 0.2) is 0 Å². The molecule has 1 aromatic heterocycles. The van der Waals surface area contributed by atoms with Gasteiger partial charge in [-0.3, -0.25) is 4.79 Å². The van der Waals surface area contributed by atoms with Gasteiger partial charge in [0.1, 0.15) is 12.4 Å². The van der Waals surface area contributed by atoms with Crippen LogP contribution >= 0.6 is 0 Å². The Kier molecular flexibility index (Phi) is 4.02. The number of hydrogen-bond acceptors (Lipinski definition) is 3. The monoisotopic (exact) mass is 275 g/mol. The number of benzene rings is 1. The highest BCUT2D eigenvalue weighted by atomic mass is 16.4. The minimum atomic E-state index is -0.986. The topological polar surface area (TPSA) is 84.2 Å². The van der Waals surface area contributed by atoms with Crippen molar-refractivity contribution in [1.29, 1.82) is 0 Å². The standard InChI is InChI=1S/C14H17N3O3/c1-3-6-15-13(18)8-17-9(2)16-11-7-10(14(19)20)4-5-12(11)17/h4-5,7H,3,6,8H2,1-2H3,(H,15,18)(H,19,20). The minimum Gasteiger partial charge on any atom is -0.478 e. The summed E-state index contributed by atoms with van der Waals surface area (Å²) in [5.74, 6) is -0.370. The zero-order chi connectivity index (χ0) is 14.7. The number of carboxylic acid groups (broad SMARTS) is 1. The number of imidazole rings is 1. The molecule has 106 valence electrons. The first kappa shape index (κ1) is 14.0. The van der Waals surface area contributed by atoms with Gasteiger partial charge in [0, 0.05) is 6.54 Å². The van der Waals surface area contributed by atoms with E-state index in [-0.39, 0.29) is 18.0 Å². The normalized spacial score (nSPS) is 10.7. The molecule has 20 heavy (non-hydrogen) atoms. The van der Waals surface area contributed by atoms with E-state index in [1.165, 1.54) is 12.1 Å². The number of fused-ring (bicyclic) bond motifs is 1. The van der Waals surface area contributed by atoms with Gasteiger partial charge < -0.3 is 15.0 Å². The van der Waals surface area contributed by atoms with Gasteiger partial charge in [0.05, 0.1) is 16.6 Å². The molecular formula is C14H17N3O3. The molecule has 0 aliphatic heterocycles. The summed E-state index contributed by atoms with van der Waals surface area (Å²) < 4.78 is 1.78. The molecule has 2 N–H and O–H groups in total. The van der Waals surface area contributed by atoms with Crippen LogP contribution in [0.3, 0.4) is 0 Å². The van der Waals surface area contributed by atoms with Gasteiger partial charge in [-0.15, -0.1) is 0 Å². The van der Waals surface area contributed by atoms with Crippen molar-refractivity contribution in [2.45, 2.75) is 26.8 Å². The summed E-state index contributed by atoms with van der Waals surface area (Å²) in [6.45, 7) is 4.63. The van der Waals surface area contributed by atoms with Crippen LogP contribution in [0.25, 0.3) is 11.0 Å². The number of nitrogens with zero attached hydrogens (tertiary/aromatic N) is 2. The van der Waals surface area contributed by atoms with Crippen molar-refractivity contribution in [1.82, 2.24) is 14.9 Å². The van der Waals surface area contributed by atoms with Crippen LogP contribution in [-0.4, -0.2) is 33.1 Å². The molecule has 0 spiro atoms. The van der Waals surface area contributed by atoms with Gasteiger partial charge >= 0.3 is 5.97 Å². The summed E-state index contributed by atoms with van der Waals surface area (Å²) in [5, 5.41) is 11.8. The van der Waals surface area contributed by atoms with Crippen LogP contribution in [-0.2, 0) is 11.3 Å². The highest BCUT2D eigenvalue weighted by Gasteiger charge is 2.12. The fraction of sp³-hybridized carbons (Fsp3) is 0.357. The second-order valence-electron chi connectivity index (χ2n) is 4.60. The van der Waals surface area contributed by atoms with E-state index in [0.29, 0.717) is 17.9 Å². The van der Waals surface area contributed by atoms with Crippen molar-refractivity contribution >= 4 is 22.9 Å². The molecule has 0 saturated heterocycles. The average molecular weight is 275 g/mol. The Balaban J connectivity index is 2.32. The van der Waals surface area contributed by atoms with Crippen molar-refractivity contribution in [3.8, 4) is 0 Å². The molecule has 6 heteroatoms. The van der Waals surface area contributed by atoms with Crippen LogP contribution in [0.2, 0.25) is 0 Å². The Morgan fingerprint density at radius 3 is 2.80 bits per heavy atom. The predicted octanol–water partition coefficient (Wildman–Crippen LogP) is 1.57. The summed E-state index contributed by atoms with van der Waals surface area (Å²) >= 11 is 0. The fourth-order valence-corrected chi connectivity index (χ4v) is 2.05. The van der Waals surface area contributed by atoms with Gasteiger partial charge in [-0.25, -0.2) is 9.78 Å². The number of rotatable bonds is 5. The number of carbonyl (C=O) groups is 2. The largest absolute Gasteiger partial charge is 0.478 e. The number of nitrogens with one attached hydrogen (secondary N) is 1. The molecule has 2 aromatic rings. The SMILES string of the molecule is CCCNC(=O)Cn1c(C)nc2cc(C(=O)O)ccc21. The summed E-state index contributed by atoms with van der Waals surface area (Å²) in [5.41, 5.74) is 1.54. The molecular weight excluding hydrogens is 258 g/mol. The Labute approximate surface area is 116 Å². The molecule has 0 aliphatic carbocycles. The highest BCUT2D eigenvalue weighted by molar-refractivity contribution is 5.92. The lowest BCUT2D eigenvalue weighted by Gasteiger charge is -2.07. The summed E-state index contributed by atoms with van der Waals surface area (Å²) in [4.78, 5) is 27.0. The maximum absolute atomic E-state index is 11.8. The van der Waals surface area contributed by atoms with E-state index in [9.17, 15) is 9.59 Å². The molecule has 1 heterocycles. The van der Waals surface area contributed by atoms with E-state index in [1.807, 2.05) is 6.92 Å². The Bertz CT molecular complexity index is 661. The Hall–Kier alpha value is -2.37. The number of aryl methyl sites for hydroxylation is 1. The molecule has 1 amide bonds. The molecule has 0 unspecified atom stereocenters. The van der Waals surface area contributed by atoms with Crippen molar-refractivity contribution in [2.75, 3.05) is 6.54 Å². The first-order valence-corrected chi connectivity index (χ1v) is 6.49. The number of amides is 1. The molecule has 0 fully saturated rings. The van der Waals surface area contributed by atoms with Gasteiger partial charge in [0.2, 0.25) is 5.91 Å². The third kappa shape index (κ3) is 2.79. The third-order valence-electron chi connectivity index (χ3n) is 3.06. The number of hydrogen-bond donors (Lipinski definition) is 2. The van der Waals surface area contributed by atoms with Gasteiger partial charge in [-0.05, 0) is 31.5 Å². The van der Waals surface area contributed by atoms with Crippen LogP contribution in [0.15, 0.2) is 18.2 Å². The number of carbonyl (C=O) groups excluding carboxylic acids is 1. The van der Waals surface area contributed by atoms with Gasteiger partial charge in [-0.2, -0.15) is 0 Å². The van der Waals surface area contributed by atoms with E-state index in [0.717, 1.165) is 11.9 Å². The first-order valence-electron chi connectivity index (χ1n) is 6.49. The van der Waals surface area contributed by atoms with Crippen molar-refractivity contribution in [3.05, 3.63) is 29.6 Å². The lowest BCUT2D eigenvalue weighted by molar-refractivity contribution is -0.121. The molecule has 2 rings (SSSR count). The number of carboxylic acids is 1. The van der Waals surface area contributed by atoms with Crippen LogP contribution in [0.4, 0.5) is 0 Å².